The third-order valence-electron chi connectivity index (χ3n) is 4.00. The first-order valence-electron chi connectivity index (χ1n) is 7.27. The van der Waals surface area contributed by atoms with Gasteiger partial charge < -0.3 is 10.1 Å². The lowest BCUT2D eigenvalue weighted by Gasteiger charge is -2.20. The number of methoxy groups -OCH3 is 1. The number of rotatable bonds is 5. The van der Waals surface area contributed by atoms with Crippen molar-refractivity contribution >= 4 is 17.7 Å². The highest BCUT2D eigenvalue weighted by atomic mass is 32.2. The Morgan fingerprint density at radius 1 is 1.33 bits per heavy atom. The minimum absolute atomic E-state index is 0.0275. The van der Waals surface area contributed by atoms with Gasteiger partial charge >= 0.3 is 0 Å². The van der Waals surface area contributed by atoms with Crippen molar-refractivity contribution in [3.63, 3.8) is 0 Å². The van der Waals surface area contributed by atoms with E-state index in [1.54, 1.807) is 18.9 Å². The van der Waals surface area contributed by atoms with Crippen molar-refractivity contribution in [2.75, 3.05) is 26.5 Å². The van der Waals surface area contributed by atoms with Gasteiger partial charge in [0, 0.05) is 36.7 Å². The summed E-state index contributed by atoms with van der Waals surface area (Å²) in [5, 5.41) is 3.11. The first kappa shape index (κ1) is 16.3. The maximum atomic E-state index is 12.3. The number of hydrogen-bond donors (Lipinski definition) is 1. The van der Waals surface area contributed by atoms with Crippen molar-refractivity contribution in [2.24, 2.45) is 0 Å². The number of benzene rings is 1. The number of nitrogens with one attached hydrogen (secondary N) is 1. The zero-order valence-corrected chi connectivity index (χ0v) is 13.9. The van der Waals surface area contributed by atoms with Crippen LogP contribution in [-0.4, -0.2) is 55.4 Å². The normalized spacial score (nSPS) is 22.7. The summed E-state index contributed by atoms with van der Waals surface area (Å²) in [6.45, 7) is 6.03. The van der Waals surface area contributed by atoms with Crippen molar-refractivity contribution in [3.05, 3.63) is 29.8 Å². The highest BCUT2D eigenvalue weighted by molar-refractivity contribution is 7.98. The summed E-state index contributed by atoms with van der Waals surface area (Å²) in [4.78, 5) is 15.8. The average molecular weight is 308 g/mol. The van der Waals surface area contributed by atoms with Gasteiger partial charge in [0.25, 0.3) is 5.91 Å². The maximum Gasteiger partial charge on any atom is 0.251 e. The third kappa shape index (κ3) is 3.99. The number of likely N-dealkylation sites (tertiary alicyclic amines) is 1. The van der Waals surface area contributed by atoms with Crippen LogP contribution < -0.4 is 5.32 Å². The van der Waals surface area contributed by atoms with Gasteiger partial charge in [0.2, 0.25) is 0 Å². The Morgan fingerprint density at radius 3 is 2.52 bits per heavy atom. The standard InChI is InChI=1S/C16H24N2O2S/c1-11(2)18-9-14(15(10-18)20-3)17-16(19)12-5-7-13(21-4)8-6-12/h5-8,11,14-15H,9-10H2,1-4H3,(H,17,19)/t14-,15-/m1/s1. The number of carbonyl (C=O) groups is 1. The van der Waals surface area contributed by atoms with E-state index in [9.17, 15) is 4.79 Å². The monoisotopic (exact) mass is 308 g/mol. The van der Waals surface area contributed by atoms with Crippen LogP contribution in [0.1, 0.15) is 24.2 Å². The number of amides is 1. The molecule has 1 N–H and O–H groups in total. The Hall–Kier alpha value is -1.04. The Bertz CT molecular complexity index is 476. The van der Waals surface area contributed by atoms with Crippen LogP contribution in [0.15, 0.2) is 29.2 Å². The SMILES string of the molecule is CO[C@@H]1CN(C(C)C)C[C@H]1NC(=O)c1ccc(SC)cc1. The van der Waals surface area contributed by atoms with Crippen molar-refractivity contribution in [1.29, 1.82) is 0 Å². The predicted octanol–water partition coefficient (Wildman–Crippen LogP) is 2.25. The van der Waals surface area contributed by atoms with Crippen LogP contribution in [-0.2, 0) is 4.74 Å². The molecule has 21 heavy (non-hydrogen) atoms. The molecule has 2 atom stereocenters. The molecule has 0 saturated carbocycles. The Labute approximate surface area is 131 Å². The van der Waals surface area contributed by atoms with Crippen LogP contribution in [0, 0.1) is 0 Å². The highest BCUT2D eigenvalue weighted by Crippen LogP contribution is 2.18. The van der Waals surface area contributed by atoms with E-state index < -0.39 is 0 Å². The molecule has 1 heterocycles. The summed E-state index contributed by atoms with van der Waals surface area (Å²) >= 11 is 1.67. The predicted molar refractivity (Wildman–Crippen MR) is 87.0 cm³/mol. The molecule has 0 bridgehead atoms. The van der Waals surface area contributed by atoms with E-state index in [0.29, 0.717) is 11.6 Å². The molecule has 0 aliphatic carbocycles. The summed E-state index contributed by atoms with van der Waals surface area (Å²) in [6, 6.07) is 8.21. The lowest BCUT2D eigenvalue weighted by Crippen LogP contribution is -2.43. The van der Waals surface area contributed by atoms with E-state index >= 15 is 0 Å². The molecular weight excluding hydrogens is 284 g/mol. The summed E-state index contributed by atoms with van der Waals surface area (Å²) in [5.41, 5.74) is 0.700. The van der Waals surface area contributed by atoms with Gasteiger partial charge in [0.1, 0.15) is 0 Å². The molecule has 1 aromatic carbocycles. The maximum absolute atomic E-state index is 12.3. The van der Waals surface area contributed by atoms with Crippen molar-refractivity contribution in [1.82, 2.24) is 10.2 Å². The molecule has 5 heteroatoms. The van der Waals surface area contributed by atoms with Crippen molar-refractivity contribution in [2.45, 2.75) is 36.9 Å². The van der Waals surface area contributed by atoms with E-state index in [1.807, 2.05) is 30.5 Å². The molecule has 1 aromatic rings. The van der Waals surface area contributed by atoms with Gasteiger partial charge in [-0.1, -0.05) is 0 Å². The fourth-order valence-corrected chi connectivity index (χ4v) is 3.00. The van der Waals surface area contributed by atoms with Crippen molar-refractivity contribution < 1.29 is 9.53 Å². The highest BCUT2D eigenvalue weighted by Gasteiger charge is 2.34. The number of ether oxygens (including phenoxy) is 1. The second kappa shape index (κ2) is 7.29. The summed E-state index contributed by atoms with van der Waals surface area (Å²) < 4.78 is 5.52. The van der Waals surface area contributed by atoms with Gasteiger partial charge in [-0.05, 0) is 44.4 Å². The van der Waals surface area contributed by atoms with Gasteiger partial charge in [-0.3, -0.25) is 9.69 Å². The summed E-state index contributed by atoms with van der Waals surface area (Å²) in [7, 11) is 1.71. The van der Waals surface area contributed by atoms with E-state index in [-0.39, 0.29) is 18.1 Å². The lowest BCUT2D eigenvalue weighted by molar-refractivity contribution is 0.0753. The van der Waals surface area contributed by atoms with Gasteiger partial charge in [0.15, 0.2) is 0 Å². The van der Waals surface area contributed by atoms with E-state index in [4.69, 9.17) is 4.74 Å². The van der Waals surface area contributed by atoms with Gasteiger partial charge in [0.05, 0.1) is 12.1 Å². The van der Waals surface area contributed by atoms with Gasteiger partial charge in [-0.25, -0.2) is 0 Å². The molecule has 1 amide bonds. The Balaban J connectivity index is 2.00. The quantitative estimate of drug-likeness (QED) is 0.847. The van der Waals surface area contributed by atoms with Gasteiger partial charge in [-0.15, -0.1) is 11.8 Å². The molecule has 1 fully saturated rings. The second-order valence-corrected chi connectivity index (χ2v) is 6.51. The molecule has 0 spiro atoms. The zero-order chi connectivity index (χ0) is 15.4. The minimum atomic E-state index is -0.0275. The molecule has 0 unspecified atom stereocenters. The molecule has 1 aliphatic heterocycles. The van der Waals surface area contributed by atoms with E-state index in [0.717, 1.165) is 18.0 Å². The molecule has 1 saturated heterocycles. The minimum Gasteiger partial charge on any atom is -0.378 e. The van der Waals surface area contributed by atoms with E-state index in [1.165, 1.54) is 0 Å². The first-order valence-corrected chi connectivity index (χ1v) is 8.49. The molecule has 1 aliphatic rings. The summed E-state index contributed by atoms with van der Waals surface area (Å²) in [6.07, 6.45) is 2.08. The zero-order valence-electron chi connectivity index (χ0n) is 13.1. The first-order chi connectivity index (χ1) is 10.0. The van der Waals surface area contributed by atoms with Crippen LogP contribution in [0.2, 0.25) is 0 Å². The fourth-order valence-electron chi connectivity index (χ4n) is 2.60. The topological polar surface area (TPSA) is 41.6 Å². The molecule has 116 valence electrons. The Morgan fingerprint density at radius 2 is 2.00 bits per heavy atom. The van der Waals surface area contributed by atoms with E-state index in [2.05, 4.69) is 24.1 Å². The second-order valence-electron chi connectivity index (χ2n) is 5.63. The van der Waals surface area contributed by atoms with Crippen LogP contribution in [0.25, 0.3) is 0 Å². The third-order valence-corrected chi connectivity index (χ3v) is 4.74. The number of nitrogens with zero attached hydrogens (tertiary/aromatic N) is 1. The summed E-state index contributed by atoms with van der Waals surface area (Å²) in [5.74, 6) is -0.0275. The number of carbonyl (C=O) groups excluding carboxylic acids is 1. The molecular formula is C16H24N2O2S. The van der Waals surface area contributed by atoms with Crippen LogP contribution >= 0.6 is 11.8 Å². The van der Waals surface area contributed by atoms with Crippen LogP contribution in [0.4, 0.5) is 0 Å². The van der Waals surface area contributed by atoms with Crippen LogP contribution in [0.3, 0.4) is 0 Å². The lowest BCUT2D eigenvalue weighted by atomic mass is 10.1. The Kier molecular flexibility index (Phi) is 5.67. The van der Waals surface area contributed by atoms with Crippen LogP contribution in [0.5, 0.6) is 0 Å². The average Bonchev–Trinajstić information content (AvgIpc) is 2.90. The molecule has 4 nitrogen and oxygen atoms in total. The molecule has 2 rings (SSSR count). The number of thioether (sulfide) groups is 1. The fraction of sp³-hybridized carbons (Fsp3) is 0.562. The largest absolute Gasteiger partial charge is 0.378 e. The smallest absolute Gasteiger partial charge is 0.251 e. The molecule has 0 radical (unpaired) electrons. The number of hydrogen-bond acceptors (Lipinski definition) is 4. The van der Waals surface area contributed by atoms with Crippen molar-refractivity contribution in [3.8, 4) is 0 Å². The van der Waals surface area contributed by atoms with Gasteiger partial charge in [-0.2, -0.15) is 0 Å². The molecule has 0 aromatic heterocycles.